The fourth-order valence-electron chi connectivity index (χ4n) is 8.13. The molecule has 2 saturated heterocycles. The Bertz CT molecular complexity index is 2230. The zero-order valence-electron chi connectivity index (χ0n) is 31.5. The van der Waals surface area contributed by atoms with Crippen LogP contribution in [-0.2, 0) is 28.4 Å². The third-order valence-electron chi connectivity index (χ3n) is 11.1. The number of methoxy groups -OCH3 is 2. The number of ether oxygens (including phenoxy) is 6. The van der Waals surface area contributed by atoms with Crippen LogP contribution < -0.4 is 5.32 Å². The Hall–Kier alpha value is -4.79. The predicted molar refractivity (Wildman–Crippen MR) is 200 cm³/mol. The minimum Gasteiger partial charge on any atom is -0.453 e. The number of carbonyl (C=O) groups excluding carboxylic acids is 2. The number of aliphatic hydroxyl groups excluding tert-OH is 1. The van der Waals surface area contributed by atoms with Crippen molar-refractivity contribution in [2.45, 2.75) is 84.0 Å². The maximum atomic E-state index is 14.7. The predicted octanol–water partition coefficient (Wildman–Crippen LogP) is 5.40. The summed E-state index contributed by atoms with van der Waals surface area (Å²) in [6.45, 7) is 9.93. The van der Waals surface area contributed by atoms with Crippen LogP contribution in [0.5, 0.6) is 0 Å². The first-order valence-corrected chi connectivity index (χ1v) is 18.1. The lowest BCUT2D eigenvalue weighted by atomic mass is 9.66. The highest BCUT2D eigenvalue weighted by Gasteiger charge is 2.59. The number of rotatable bonds is 7. The van der Waals surface area contributed by atoms with Gasteiger partial charge in [0.15, 0.2) is 12.1 Å². The molecule has 282 valence electrons. The minimum absolute atomic E-state index is 0.181. The highest BCUT2D eigenvalue weighted by atomic mass is 16.7. The second kappa shape index (κ2) is 14.5. The molecule has 0 radical (unpaired) electrons. The molecule has 5 unspecified atom stereocenters. The number of pyridine rings is 1. The number of allylic oxidation sites excluding steroid dienone is 3. The lowest BCUT2D eigenvalue weighted by molar-refractivity contribution is -0.302. The Morgan fingerprint density at radius 1 is 1.13 bits per heavy atom. The van der Waals surface area contributed by atoms with Crippen molar-refractivity contribution >= 4 is 33.7 Å². The SMILES string of the molecule is CC/C=C1\C2=C(NC(=O)OC)C3(C[C@@]1(C)C#C/C=C\C#C[C@@H]2OC1OC(C)C(C)(C(=O)c2nccc4c2[nH]c2ccc(C)cc24)C(O)C1OC)OCCO3. The molecule has 1 spiro atoms. The summed E-state index contributed by atoms with van der Waals surface area (Å²) >= 11 is 0. The van der Waals surface area contributed by atoms with E-state index in [1.165, 1.54) is 14.2 Å². The molecule has 2 aliphatic heterocycles. The van der Waals surface area contributed by atoms with Gasteiger partial charge in [0.1, 0.15) is 24.0 Å². The molecule has 2 aromatic heterocycles. The van der Waals surface area contributed by atoms with Gasteiger partial charge in [-0.2, -0.15) is 0 Å². The van der Waals surface area contributed by atoms with E-state index in [0.717, 1.165) is 27.4 Å². The normalized spacial score (nSPS) is 31.5. The first-order valence-electron chi connectivity index (χ1n) is 18.1. The Balaban J connectivity index is 1.30. The third-order valence-corrected chi connectivity index (χ3v) is 11.1. The summed E-state index contributed by atoms with van der Waals surface area (Å²) in [6, 6.07) is 7.90. The lowest BCUT2D eigenvalue weighted by Crippen LogP contribution is -2.64. The van der Waals surface area contributed by atoms with E-state index in [4.69, 9.17) is 28.4 Å². The number of alkyl carbamates (subject to hydrolysis) is 1. The van der Waals surface area contributed by atoms with Gasteiger partial charge in [-0.3, -0.25) is 15.1 Å². The van der Waals surface area contributed by atoms with Gasteiger partial charge < -0.3 is 38.5 Å². The van der Waals surface area contributed by atoms with Crippen LogP contribution in [0.3, 0.4) is 0 Å². The van der Waals surface area contributed by atoms with E-state index < -0.39 is 59.2 Å². The van der Waals surface area contributed by atoms with Crippen LogP contribution in [-0.4, -0.2) is 90.9 Å². The smallest absolute Gasteiger partial charge is 0.411 e. The molecule has 12 nitrogen and oxygen atoms in total. The Labute approximate surface area is 314 Å². The standard InChI is InChI=1S/C42H45N3O9/c1-8-13-28-31-30(14-11-9-10-12-18-40(28,4)23-42(51-20-21-52-42)35(31)45-39(48)50-7)54-38-34(49-6)37(47)41(5,25(3)53-38)36(46)33-32-26(17-19-43-33)27-22-24(2)15-16-29(27)44-32/h9-10,13,15-17,19,22,25,30,34,37-38,44,47H,8,20-21,23H2,1-7H3,(H,45,48)/b10-9-,28-13+/t25?,30-,34?,37?,38?,40+,41?/m0/s1. The van der Waals surface area contributed by atoms with Gasteiger partial charge in [0.25, 0.3) is 0 Å². The lowest BCUT2D eigenvalue weighted by Gasteiger charge is -2.49. The van der Waals surface area contributed by atoms with Crippen molar-refractivity contribution in [1.82, 2.24) is 15.3 Å². The van der Waals surface area contributed by atoms with Crippen molar-refractivity contribution in [1.29, 1.82) is 0 Å². The van der Waals surface area contributed by atoms with E-state index in [2.05, 4.69) is 45.0 Å². The number of amides is 1. The van der Waals surface area contributed by atoms with Gasteiger partial charge in [-0.25, -0.2) is 4.79 Å². The van der Waals surface area contributed by atoms with Crippen molar-refractivity contribution in [3.05, 3.63) is 76.8 Å². The molecule has 2 bridgehead atoms. The molecule has 12 heteroatoms. The number of nitrogens with one attached hydrogen (secondary N) is 2. The third kappa shape index (κ3) is 6.13. The fraction of sp³-hybridized carbons (Fsp3) is 0.452. The summed E-state index contributed by atoms with van der Waals surface area (Å²) in [6.07, 6.45) is 1.26. The summed E-state index contributed by atoms with van der Waals surface area (Å²) in [7, 11) is 2.69. The molecule has 0 saturated carbocycles. The van der Waals surface area contributed by atoms with E-state index in [9.17, 15) is 14.7 Å². The van der Waals surface area contributed by atoms with Gasteiger partial charge in [-0.1, -0.05) is 48.3 Å². The molecule has 2 aliphatic carbocycles. The van der Waals surface area contributed by atoms with Gasteiger partial charge in [0, 0.05) is 41.6 Å². The summed E-state index contributed by atoms with van der Waals surface area (Å²) in [5, 5.41) is 16.9. The van der Waals surface area contributed by atoms with Gasteiger partial charge in [0.2, 0.25) is 5.79 Å². The van der Waals surface area contributed by atoms with Crippen molar-refractivity contribution in [3.8, 4) is 23.7 Å². The van der Waals surface area contributed by atoms with Gasteiger partial charge in [0.05, 0.1) is 48.5 Å². The highest BCUT2D eigenvalue weighted by molar-refractivity contribution is 6.15. The summed E-state index contributed by atoms with van der Waals surface area (Å²) in [5.74, 6) is 10.9. The monoisotopic (exact) mass is 735 g/mol. The number of aryl methyl sites for hydroxylation is 1. The minimum atomic E-state index is -1.52. The van der Waals surface area contributed by atoms with Crippen LogP contribution in [0.15, 0.2) is 65.5 Å². The Morgan fingerprint density at radius 2 is 1.89 bits per heavy atom. The topological polar surface area (TPSA) is 150 Å². The quantitative estimate of drug-likeness (QED) is 0.213. The first kappa shape index (κ1) is 37.5. The van der Waals surface area contributed by atoms with Crippen molar-refractivity contribution in [2.75, 3.05) is 27.4 Å². The van der Waals surface area contributed by atoms with E-state index in [1.807, 2.05) is 45.0 Å². The van der Waals surface area contributed by atoms with E-state index in [1.54, 1.807) is 32.2 Å². The molecule has 2 fully saturated rings. The van der Waals surface area contributed by atoms with Gasteiger partial charge in [-0.15, -0.1) is 0 Å². The summed E-state index contributed by atoms with van der Waals surface area (Å²) in [4.78, 5) is 35.5. The molecular formula is C42H45N3O9. The van der Waals surface area contributed by atoms with Gasteiger partial charge in [-0.05, 0) is 70.0 Å². The van der Waals surface area contributed by atoms with E-state index in [-0.39, 0.29) is 31.0 Å². The average Bonchev–Trinajstić information content (AvgIpc) is 3.78. The number of aliphatic hydroxyl groups is 1. The van der Waals surface area contributed by atoms with Gasteiger partial charge >= 0.3 is 6.09 Å². The molecule has 3 aromatic rings. The fourth-order valence-corrected chi connectivity index (χ4v) is 8.13. The highest BCUT2D eigenvalue weighted by Crippen LogP contribution is 2.53. The van der Waals surface area contributed by atoms with E-state index >= 15 is 0 Å². The molecule has 54 heavy (non-hydrogen) atoms. The van der Waals surface area contributed by atoms with Crippen LogP contribution in [0.25, 0.3) is 21.8 Å². The number of benzene rings is 1. The molecule has 7 rings (SSSR count). The van der Waals surface area contributed by atoms with Crippen molar-refractivity contribution in [2.24, 2.45) is 10.8 Å². The number of aromatic nitrogens is 2. The number of nitrogens with zero attached hydrogens (tertiary/aromatic N) is 1. The molecule has 3 N–H and O–H groups in total. The number of aromatic amines is 1. The summed E-state index contributed by atoms with van der Waals surface area (Å²) in [5.41, 5.74) is 1.86. The molecular weight excluding hydrogens is 690 g/mol. The molecule has 1 aromatic carbocycles. The second-order valence-corrected chi connectivity index (χ2v) is 14.5. The number of fused-ring (bicyclic) bond motifs is 5. The maximum Gasteiger partial charge on any atom is 0.411 e. The number of hydrogen-bond acceptors (Lipinski definition) is 10. The van der Waals surface area contributed by atoms with Crippen molar-refractivity contribution < 1.29 is 43.1 Å². The zero-order valence-corrected chi connectivity index (χ0v) is 31.5. The number of carbonyl (C=O) groups is 2. The largest absolute Gasteiger partial charge is 0.453 e. The Kier molecular flexibility index (Phi) is 10.0. The van der Waals surface area contributed by atoms with Crippen LogP contribution in [0.4, 0.5) is 4.79 Å². The maximum absolute atomic E-state index is 14.7. The van der Waals surface area contributed by atoms with Crippen LogP contribution in [0.2, 0.25) is 0 Å². The molecule has 4 heterocycles. The molecule has 7 atom stereocenters. The Morgan fingerprint density at radius 3 is 2.61 bits per heavy atom. The molecule has 1 amide bonds. The van der Waals surface area contributed by atoms with Crippen LogP contribution in [0, 0.1) is 41.4 Å². The number of H-pyrrole nitrogens is 1. The second-order valence-electron chi connectivity index (χ2n) is 14.5. The van der Waals surface area contributed by atoms with Crippen molar-refractivity contribution in [3.63, 3.8) is 0 Å². The zero-order chi connectivity index (χ0) is 38.4. The first-order chi connectivity index (χ1) is 25.9. The summed E-state index contributed by atoms with van der Waals surface area (Å²) < 4.78 is 36.9. The van der Waals surface area contributed by atoms with Crippen LogP contribution >= 0.6 is 0 Å². The number of Topliss-reactive ketones (excluding diaryl/α,β-unsaturated/α-hetero) is 1. The average molecular weight is 736 g/mol. The van der Waals surface area contributed by atoms with Crippen LogP contribution in [0.1, 0.15) is 56.6 Å². The molecule has 4 aliphatic rings. The number of ketones is 1. The van der Waals surface area contributed by atoms with E-state index in [0.29, 0.717) is 17.5 Å². The number of hydrogen-bond donors (Lipinski definition) is 3.